The Morgan fingerprint density at radius 2 is 1.74 bits per heavy atom. The summed E-state index contributed by atoms with van der Waals surface area (Å²) in [6.45, 7) is 2.26. The fourth-order valence-electron chi connectivity index (χ4n) is 4.36. The smallest absolute Gasteiger partial charge is 0.0708 e. The molecule has 1 saturated heterocycles. The van der Waals surface area contributed by atoms with Crippen molar-refractivity contribution < 1.29 is 4.74 Å². The van der Waals surface area contributed by atoms with Gasteiger partial charge in [0.05, 0.1) is 11.7 Å². The van der Waals surface area contributed by atoms with E-state index in [1.165, 1.54) is 70.8 Å². The summed E-state index contributed by atoms with van der Waals surface area (Å²) in [5.41, 5.74) is 0.302. The van der Waals surface area contributed by atoms with Crippen LogP contribution in [0, 0.1) is 0 Å². The molecule has 0 aromatic carbocycles. The van der Waals surface area contributed by atoms with E-state index >= 15 is 0 Å². The summed E-state index contributed by atoms with van der Waals surface area (Å²) in [5.74, 6) is 0. The van der Waals surface area contributed by atoms with Crippen molar-refractivity contribution in [2.75, 3.05) is 19.3 Å². The molecule has 2 nitrogen and oxygen atoms in total. The number of rotatable bonds is 5. The highest BCUT2D eigenvalue weighted by Gasteiger charge is 2.42. The number of ether oxygens (including phenoxy) is 1. The Balaban J connectivity index is 1.41. The molecule has 1 heterocycles. The highest BCUT2D eigenvalue weighted by atomic mass is 32.2. The Morgan fingerprint density at radius 1 is 1.05 bits per heavy atom. The second-order valence-electron chi connectivity index (χ2n) is 6.89. The third kappa shape index (κ3) is 3.14. The molecule has 3 fully saturated rings. The lowest BCUT2D eigenvalue weighted by molar-refractivity contribution is -0.0351. The zero-order valence-electron chi connectivity index (χ0n) is 12.4. The van der Waals surface area contributed by atoms with Crippen molar-refractivity contribution >= 4 is 11.8 Å². The normalized spacial score (nSPS) is 32.4. The summed E-state index contributed by atoms with van der Waals surface area (Å²) in [7, 11) is 0. The maximum Gasteiger partial charge on any atom is 0.0708 e. The van der Waals surface area contributed by atoms with Crippen molar-refractivity contribution in [1.29, 1.82) is 0 Å². The Bertz CT molecular complexity index is 295. The summed E-state index contributed by atoms with van der Waals surface area (Å²) in [6, 6.07) is 0. The molecule has 1 spiro atoms. The predicted octanol–water partition coefficient (Wildman–Crippen LogP) is 3.74. The molecule has 1 unspecified atom stereocenters. The fraction of sp³-hybridized carbons (Fsp3) is 1.00. The van der Waals surface area contributed by atoms with Gasteiger partial charge in [0.25, 0.3) is 0 Å². The van der Waals surface area contributed by atoms with E-state index in [0.717, 1.165) is 6.54 Å². The van der Waals surface area contributed by atoms with E-state index in [-0.39, 0.29) is 0 Å². The lowest BCUT2D eigenvalue weighted by Crippen LogP contribution is -2.39. The van der Waals surface area contributed by atoms with E-state index in [0.29, 0.717) is 16.5 Å². The average molecular weight is 283 g/mol. The van der Waals surface area contributed by atoms with Crippen LogP contribution in [0.25, 0.3) is 0 Å². The lowest BCUT2D eigenvalue weighted by atomic mass is 9.98. The van der Waals surface area contributed by atoms with E-state index in [2.05, 4.69) is 23.3 Å². The van der Waals surface area contributed by atoms with Crippen molar-refractivity contribution in [2.45, 2.75) is 80.7 Å². The maximum atomic E-state index is 6.37. The largest absolute Gasteiger partial charge is 0.370 e. The first kappa shape index (κ1) is 14.2. The molecule has 3 aliphatic rings. The molecule has 0 amide bonds. The molecule has 1 atom stereocenters. The molecule has 3 heteroatoms. The first-order chi connectivity index (χ1) is 9.26. The van der Waals surface area contributed by atoms with Gasteiger partial charge in [0, 0.05) is 17.8 Å². The van der Waals surface area contributed by atoms with Gasteiger partial charge in [-0.1, -0.05) is 25.7 Å². The molecule has 2 aliphatic carbocycles. The van der Waals surface area contributed by atoms with E-state index in [1.54, 1.807) is 0 Å². The predicted molar refractivity (Wildman–Crippen MR) is 82.9 cm³/mol. The summed E-state index contributed by atoms with van der Waals surface area (Å²) >= 11 is 2.08. The van der Waals surface area contributed by atoms with Gasteiger partial charge in [-0.3, -0.25) is 0 Å². The van der Waals surface area contributed by atoms with E-state index in [1.807, 2.05) is 0 Å². The zero-order valence-corrected chi connectivity index (χ0v) is 13.2. The molecule has 1 N–H and O–H groups in total. The van der Waals surface area contributed by atoms with Crippen molar-refractivity contribution in [1.82, 2.24) is 5.32 Å². The van der Waals surface area contributed by atoms with Crippen LogP contribution in [0.3, 0.4) is 0 Å². The molecule has 0 radical (unpaired) electrons. The topological polar surface area (TPSA) is 21.3 Å². The van der Waals surface area contributed by atoms with Crippen LogP contribution in [0.5, 0.6) is 0 Å². The second kappa shape index (κ2) is 5.95. The lowest BCUT2D eigenvalue weighted by Gasteiger charge is -2.28. The molecule has 0 aromatic heterocycles. The first-order valence-electron chi connectivity index (χ1n) is 8.20. The van der Waals surface area contributed by atoms with Crippen LogP contribution in [0.15, 0.2) is 0 Å². The van der Waals surface area contributed by atoms with Gasteiger partial charge >= 0.3 is 0 Å². The Hall–Kier alpha value is 0.270. The van der Waals surface area contributed by atoms with Crippen LogP contribution >= 0.6 is 11.8 Å². The molecule has 3 rings (SSSR count). The van der Waals surface area contributed by atoms with E-state index in [9.17, 15) is 0 Å². The molecule has 110 valence electrons. The van der Waals surface area contributed by atoms with Crippen molar-refractivity contribution in [2.24, 2.45) is 0 Å². The van der Waals surface area contributed by atoms with Gasteiger partial charge in [-0.05, 0) is 44.8 Å². The van der Waals surface area contributed by atoms with E-state index < -0.39 is 0 Å². The van der Waals surface area contributed by atoms with Crippen LogP contribution < -0.4 is 5.32 Å². The highest BCUT2D eigenvalue weighted by molar-refractivity contribution is 8.00. The first-order valence-corrected chi connectivity index (χ1v) is 9.42. The maximum absolute atomic E-state index is 6.37. The molecule has 0 aromatic rings. The second-order valence-corrected chi connectivity index (χ2v) is 8.17. The highest BCUT2D eigenvalue weighted by Crippen LogP contribution is 2.43. The Morgan fingerprint density at radius 3 is 2.42 bits per heavy atom. The number of hydrogen-bond acceptors (Lipinski definition) is 3. The summed E-state index contributed by atoms with van der Waals surface area (Å²) in [5, 5.41) is 3.72. The Kier molecular flexibility index (Phi) is 4.45. The minimum absolute atomic E-state index is 0.302. The van der Waals surface area contributed by atoms with Gasteiger partial charge in [-0.15, -0.1) is 0 Å². The third-order valence-corrected chi connectivity index (χ3v) is 7.04. The van der Waals surface area contributed by atoms with Gasteiger partial charge < -0.3 is 10.1 Å². The summed E-state index contributed by atoms with van der Waals surface area (Å²) in [6.07, 6.45) is 16.4. The van der Waals surface area contributed by atoms with Crippen molar-refractivity contribution in [3.8, 4) is 0 Å². The molecular formula is C16H29NOS. The number of hydrogen-bond donors (Lipinski definition) is 1. The van der Waals surface area contributed by atoms with Gasteiger partial charge in [0.15, 0.2) is 0 Å². The molecule has 0 bridgehead atoms. The molecule has 1 aliphatic heterocycles. The summed E-state index contributed by atoms with van der Waals surface area (Å²) < 4.78 is 6.90. The van der Waals surface area contributed by atoms with Gasteiger partial charge in [0.2, 0.25) is 0 Å². The molecular weight excluding hydrogens is 254 g/mol. The van der Waals surface area contributed by atoms with E-state index in [4.69, 9.17) is 4.74 Å². The number of thioether (sulfide) groups is 1. The zero-order chi connectivity index (χ0) is 13.2. The summed E-state index contributed by atoms with van der Waals surface area (Å²) in [4.78, 5) is 0. The van der Waals surface area contributed by atoms with Gasteiger partial charge in [-0.25, -0.2) is 0 Å². The minimum Gasteiger partial charge on any atom is -0.370 e. The minimum atomic E-state index is 0.302. The monoisotopic (exact) mass is 283 g/mol. The van der Waals surface area contributed by atoms with Crippen molar-refractivity contribution in [3.05, 3.63) is 0 Å². The van der Waals surface area contributed by atoms with Crippen LogP contribution in [0.1, 0.15) is 64.2 Å². The SMILES string of the molecule is CSC1(CNCC2CCC3(CCCC3)O2)CCCC1. The average Bonchev–Trinajstić information content (AvgIpc) is 3.14. The third-order valence-electron chi connectivity index (χ3n) is 5.62. The van der Waals surface area contributed by atoms with Gasteiger partial charge in [-0.2, -0.15) is 11.8 Å². The van der Waals surface area contributed by atoms with Crippen LogP contribution in [0.2, 0.25) is 0 Å². The quantitative estimate of drug-likeness (QED) is 0.830. The standard InChI is InChI=1S/C16H29NOS/c1-19-16(9-4-5-10-16)13-17-12-14-6-11-15(18-14)7-2-3-8-15/h14,17H,2-13H2,1H3. The van der Waals surface area contributed by atoms with Crippen LogP contribution in [0.4, 0.5) is 0 Å². The van der Waals surface area contributed by atoms with Crippen molar-refractivity contribution in [3.63, 3.8) is 0 Å². The number of nitrogens with one attached hydrogen (secondary N) is 1. The molecule has 19 heavy (non-hydrogen) atoms. The Labute approximate surface area is 122 Å². The molecule has 2 saturated carbocycles. The fourth-order valence-corrected chi connectivity index (χ4v) is 5.30. The van der Waals surface area contributed by atoms with Gasteiger partial charge in [0.1, 0.15) is 0 Å². The van der Waals surface area contributed by atoms with Crippen LogP contribution in [-0.2, 0) is 4.74 Å². The van der Waals surface area contributed by atoms with Crippen LogP contribution in [-0.4, -0.2) is 35.8 Å².